The van der Waals surface area contributed by atoms with Crippen LogP contribution in [-0.2, 0) is 9.67 Å². The predicted molar refractivity (Wildman–Crippen MR) is 64.8 cm³/mol. The highest BCUT2D eigenvalue weighted by molar-refractivity contribution is 8.05. The Hall–Kier alpha value is -1.49. The van der Waals surface area contributed by atoms with Gasteiger partial charge in [0.05, 0.1) is 0 Å². The standard InChI is InChI=1S/C12H12FNO2S/c1-2-12(8-5-3-4-6-9(8)13)14-7-10(17-12)11(15)16/h3-7,14H,2H2,1H3,(H,15,16). The highest BCUT2D eigenvalue weighted by atomic mass is 32.2. The van der Waals surface area contributed by atoms with E-state index < -0.39 is 10.8 Å². The van der Waals surface area contributed by atoms with Crippen LogP contribution in [0.25, 0.3) is 0 Å². The van der Waals surface area contributed by atoms with Crippen molar-refractivity contribution in [2.24, 2.45) is 0 Å². The molecule has 5 heteroatoms. The number of hydrogen-bond donors (Lipinski definition) is 2. The first kappa shape index (κ1) is 12.0. The quantitative estimate of drug-likeness (QED) is 0.869. The number of nitrogens with one attached hydrogen (secondary N) is 1. The summed E-state index contributed by atoms with van der Waals surface area (Å²) in [4.78, 5) is 10.4. The Balaban J connectivity index is 2.37. The van der Waals surface area contributed by atoms with E-state index in [1.807, 2.05) is 6.92 Å². The summed E-state index contributed by atoms with van der Waals surface area (Å²) in [6, 6.07) is 6.43. The molecule has 0 aromatic heterocycles. The second kappa shape index (κ2) is 4.41. The van der Waals surface area contributed by atoms with Crippen molar-refractivity contribution in [2.75, 3.05) is 0 Å². The summed E-state index contributed by atoms with van der Waals surface area (Å²) in [7, 11) is 0. The van der Waals surface area contributed by atoms with Gasteiger partial charge >= 0.3 is 5.97 Å². The van der Waals surface area contributed by atoms with E-state index in [1.54, 1.807) is 18.2 Å². The van der Waals surface area contributed by atoms with Crippen molar-refractivity contribution in [3.8, 4) is 0 Å². The summed E-state index contributed by atoms with van der Waals surface area (Å²) in [6.07, 6.45) is 2.02. The monoisotopic (exact) mass is 253 g/mol. The maximum atomic E-state index is 13.8. The zero-order valence-electron chi connectivity index (χ0n) is 9.24. The van der Waals surface area contributed by atoms with Crippen LogP contribution in [0.5, 0.6) is 0 Å². The van der Waals surface area contributed by atoms with Gasteiger partial charge in [-0.05, 0) is 12.5 Å². The first-order valence-corrected chi connectivity index (χ1v) is 6.06. The molecule has 1 aliphatic heterocycles. The van der Waals surface area contributed by atoms with Gasteiger partial charge in [-0.2, -0.15) is 0 Å². The largest absolute Gasteiger partial charge is 0.477 e. The fourth-order valence-corrected chi connectivity index (χ4v) is 2.94. The molecule has 0 bridgehead atoms. The molecule has 0 saturated carbocycles. The average molecular weight is 253 g/mol. The second-order valence-electron chi connectivity index (χ2n) is 3.72. The molecule has 2 rings (SSSR count). The van der Waals surface area contributed by atoms with Gasteiger partial charge in [0.1, 0.15) is 15.6 Å². The number of carboxylic acids is 1. The molecule has 1 unspecified atom stereocenters. The van der Waals surface area contributed by atoms with Gasteiger partial charge in [0, 0.05) is 11.8 Å². The number of benzene rings is 1. The third-order valence-electron chi connectivity index (χ3n) is 2.74. The van der Waals surface area contributed by atoms with Crippen LogP contribution in [0.15, 0.2) is 35.4 Å². The van der Waals surface area contributed by atoms with Gasteiger partial charge in [-0.15, -0.1) is 0 Å². The van der Waals surface area contributed by atoms with Gasteiger partial charge in [0.25, 0.3) is 0 Å². The Morgan fingerprint density at radius 1 is 1.53 bits per heavy atom. The Labute approximate surface area is 103 Å². The molecule has 0 radical (unpaired) electrons. The summed E-state index contributed by atoms with van der Waals surface area (Å²) in [5.41, 5.74) is 0.486. The maximum Gasteiger partial charge on any atom is 0.343 e. The van der Waals surface area contributed by atoms with E-state index in [0.717, 1.165) is 11.8 Å². The summed E-state index contributed by atoms with van der Waals surface area (Å²) in [5, 5.41) is 11.9. The van der Waals surface area contributed by atoms with Crippen molar-refractivity contribution < 1.29 is 14.3 Å². The summed E-state index contributed by atoms with van der Waals surface area (Å²) >= 11 is 1.14. The Morgan fingerprint density at radius 2 is 2.24 bits per heavy atom. The molecule has 3 nitrogen and oxygen atoms in total. The molecule has 0 aliphatic carbocycles. The van der Waals surface area contributed by atoms with Crippen LogP contribution in [0.3, 0.4) is 0 Å². The summed E-state index contributed by atoms with van der Waals surface area (Å²) in [5.74, 6) is -1.32. The van der Waals surface area contributed by atoms with Crippen molar-refractivity contribution in [2.45, 2.75) is 18.2 Å². The van der Waals surface area contributed by atoms with E-state index in [2.05, 4.69) is 5.32 Å². The minimum absolute atomic E-state index is 0.204. The van der Waals surface area contributed by atoms with E-state index in [0.29, 0.717) is 12.0 Å². The maximum absolute atomic E-state index is 13.8. The number of halogens is 1. The molecule has 17 heavy (non-hydrogen) atoms. The van der Waals surface area contributed by atoms with Crippen LogP contribution >= 0.6 is 11.8 Å². The Morgan fingerprint density at radius 3 is 2.76 bits per heavy atom. The molecule has 1 aromatic rings. The normalized spacial score (nSPS) is 23.1. The predicted octanol–water partition coefficient (Wildman–Crippen LogP) is 2.65. The van der Waals surface area contributed by atoms with E-state index >= 15 is 0 Å². The average Bonchev–Trinajstić information content (AvgIpc) is 2.75. The van der Waals surface area contributed by atoms with Crippen LogP contribution in [-0.4, -0.2) is 11.1 Å². The third-order valence-corrected chi connectivity index (χ3v) is 4.23. The van der Waals surface area contributed by atoms with Crippen LogP contribution in [0.1, 0.15) is 18.9 Å². The second-order valence-corrected chi connectivity index (χ2v) is 5.06. The van der Waals surface area contributed by atoms with Crippen LogP contribution in [0.2, 0.25) is 0 Å². The van der Waals surface area contributed by atoms with Crippen molar-refractivity contribution >= 4 is 17.7 Å². The van der Waals surface area contributed by atoms with Crippen LogP contribution in [0.4, 0.5) is 4.39 Å². The highest BCUT2D eigenvalue weighted by Crippen LogP contribution is 2.46. The van der Waals surface area contributed by atoms with Gasteiger partial charge in [0.2, 0.25) is 0 Å². The minimum Gasteiger partial charge on any atom is -0.477 e. The molecule has 1 aromatic carbocycles. The van der Waals surface area contributed by atoms with Crippen LogP contribution in [0, 0.1) is 5.82 Å². The highest BCUT2D eigenvalue weighted by Gasteiger charge is 2.39. The molecular formula is C12H12FNO2S. The first-order valence-electron chi connectivity index (χ1n) is 5.24. The van der Waals surface area contributed by atoms with Gasteiger partial charge in [-0.1, -0.05) is 36.9 Å². The molecule has 0 amide bonds. The minimum atomic E-state index is -0.992. The molecule has 90 valence electrons. The number of thioether (sulfide) groups is 1. The van der Waals surface area contributed by atoms with Gasteiger partial charge in [0.15, 0.2) is 0 Å². The zero-order valence-corrected chi connectivity index (χ0v) is 10.1. The molecule has 1 aliphatic rings. The summed E-state index contributed by atoms with van der Waals surface area (Å²) in [6.45, 7) is 1.89. The number of hydrogen-bond acceptors (Lipinski definition) is 3. The smallest absolute Gasteiger partial charge is 0.343 e. The third kappa shape index (κ3) is 2.02. The number of aliphatic carboxylic acids is 1. The molecule has 0 fully saturated rings. The molecule has 0 spiro atoms. The number of carbonyl (C=O) groups is 1. The van der Waals surface area contributed by atoms with Crippen molar-refractivity contribution in [1.29, 1.82) is 0 Å². The lowest BCUT2D eigenvalue weighted by Crippen LogP contribution is -2.32. The molecule has 2 N–H and O–H groups in total. The number of carboxylic acid groups (broad SMARTS) is 1. The SMILES string of the molecule is CCC1(c2ccccc2F)NC=C(C(=O)O)S1. The fraction of sp³-hybridized carbons (Fsp3) is 0.250. The lowest BCUT2D eigenvalue weighted by atomic mass is 10.0. The lowest BCUT2D eigenvalue weighted by Gasteiger charge is -2.28. The van der Waals surface area contributed by atoms with E-state index in [9.17, 15) is 9.18 Å². The Kier molecular flexibility index (Phi) is 3.11. The number of rotatable bonds is 3. The van der Waals surface area contributed by atoms with Gasteiger partial charge in [-0.25, -0.2) is 9.18 Å². The van der Waals surface area contributed by atoms with E-state index in [-0.39, 0.29) is 10.7 Å². The fourth-order valence-electron chi connectivity index (χ4n) is 1.82. The first-order chi connectivity index (χ1) is 8.09. The summed E-state index contributed by atoms with van der Waals surface area (Å²) < 4.78 is 13.8. The van der Waals surface area contributed by atoms with Crippen molar-refractivity contribution in [1.82, 2.24) is 5.32 Å². The Bertz CT molecular complexity index is 489. The van der Waals surface area contributed by atoms with Crippen LogP contribution < -0.4 is 5.32 Å². The van der Waals surface area contributed by atoms with E-state index in [1.165, 1.54) is 12.3 Å². The van der Waals surface area contributed by atoms with Crippen molar-refractivity contribution in [3.05, 3.63) is 46.8 Å². The van der Waals surface area contributed by atoms with Gasteiger partial charge < -0.3 is 10.4 Å². The molecule has 1 heterocycles. The molecule has 0 saturated heterocycles. The van der Waals surface area contributed by atoms with Crippen molar-refractivity contribution in [3.63, 3.8) is 0 Å². The van der Waals surface area contributed by atoms with Gasteiger partial charge in [-0.3, -0.25) is 0 Å². The van der Waals surface area contributed by atoms with E-state index in [4.69, 9.17) is 5.11 Å². The lowest BCUT2D eigenvalue weighted by molar-refractivity contribution is -0.131. The zero-order chi connectivity index (χ0) is 12.5. The molecular weight excluding hydrogens is 241 g/mol. The topological polar surface area (TPSA) is 49.3 Å². The molecule has 1 atom stereocenters.